The lowest BCUT2D eigenvalue weighted by Gasteiger charge is -2.27. The summed E-state index contributed by atoms with van der Waals surface area (Å²) in [4.78, 5) is 11.2. The van der Waals surface area contributed by atoms with E-state index in [4.69, 9.17) is 0 Å². The molecule has 0 radical (unpaired) electrons. The molecule has 2 nitrogen and oxygen atoms in total. The van der Waals surface area contributed by atoms with Crippen LogP contribution in [0.4, 0.5) is 0 Å². The standard InChI is InChI=1S/C13H18BrNOS/c1-9-4-5-10(14)6-11(9)13(2,3)8-15-12(16)7-17/h4-6,17H,7-8H2,1-3H3,(H,15,16). The first-order chi connectivity index (χ1) is 7.86. The van der Waals surface area contributed by atoms with E-state index in [1.54, 1.807) is 0 Å². The lowest BCUT2D eigenvalue weighted by molar-refractivity contribution is -0.118. The fourth-order valence-corrected chi connectivity index (χ4v) is 2.27. The van der Waals surface area contributed by atoms with E-state index in [1.165, 1.54) is 11.1 Å². The average Bonchev–Trinajstić information content (AvgIpc) is 2.29. The number of thiol groups is 1. The first-order valence-corrected chi connectivity index (χ1v) is 6.93. The molecule has 1 rings (SSSR count). The van der Waals surface area contributed by atoms with Gasteiger partial charge in [-0.3, -0.25) is 4.79 Å². The van der Waals surface area contributed by atoms with Gasteiger partial charge in [0.2, 0.25) is 5.91 Å². The van der Waals surface area contributed by atoms with E-state index in [1.807, 2.05) is 6.07 Å². The first-order valence-electron chi connectivity index (χ1n) is 5.51. The predicted molar refractivity (Wildman–Crippen MR) is 78.8 cm³/mol. The van der Waals surface area contributed by atoms with Gasteiger partial charge >= 0.3 is 0 Å². The van der Waals surface area contributed by atoms with Crippen LogP contribution in [0.1, 0.15) is 25.0 Å². The van der Waals surface area contributed by atoms with Gasteiger partial charge < -0.3 is 5.32 Å². The molecular formula is C13H18BrNOS. The predicted octanol–water partition coefficient (Wildman–Crippen LogP) is 3.08. The van der Waals surface area contributed by atoms with Gasteiger partial charge in [0, 0.05) is 16.4 Å². The van der Waals surface area contributed by atoms with Gasteiger partial charge in [-0.1, -0.05) is 35.8 Å². The van der Waals surface area contributed by atoms with Crippen molar-refractivity contribution in [3.63, 3.8) is 0 Å². The van der Waals surface area contributed by atoms with Crippen LogP contribution >= 0.6 is 28.6 Å². The normalized spacial score (nSPS) is 11.4. The fourth-order valence-electron chi connectivity index (χ4n) is 1.79. The zero-order chi connectivity index (χ0) is 13.1. The Kier molecular flexibility index (Phi) is 5.07. The van der Waals surface area contributed by atoms with Crippen LogP contribution in [-0.2, 0) is 10.2 Å². The minimum Gasteiger partial charge on any atom is -0.355 e. The maximum atomic E-state index is 11.2. The zero-order valence-electron chi connectivity index (χ0n) is 10.4. The molecule has 1 amide bonds. The van der Waals surface area contributed by atoms with Gasteiger partial charge in [0.05, 0.1) is 5.75 Å². The van der Waals surface area contributed by atoms with Gasteiger partial charge in [0.25, 0.3) is 0 Å². The highest BCUT2D eigenvalue weighted by Crippen LogP contribution is 2.28. The molecule has 0 aliphatic carbocycles. The Bertz CT molecular complexity index is 418. The molecule has 94 valence electrons. The monoisotopic (exact) mass is 315 g/mol. The third kappa shape index (κ3) is 4.03. The second-order valence-corrected chi connectivity index (χ2v) is 6.01. The van der Waals surface area contributed by atoms with Gasteiger partial charge in [-0.2, -0.15) is 12.6 Å². The number of aryl methyl sites for hydroxylation is 1. The van der Waals surface area contributed by atoms with Crippen LogP contribution in [0.25, 0.3) is 0 Å². The molecule has 0 spiro atoms. The molecule has 1 aromatic carbocycles. The number of carbonyl (C=O) groups is 1. The molecular weight excluding hydrogens is 298 g/mol. The number of hydrogen-bond acceptors (Lipinski definition) is 2. The minimum absolute atomic E-state index is 0.0333. The maximum absolute atomic E-state index is 11.2. The van der Waals surface area contributed by atoms with Crippen LogP contribution in [0.15, 0.2) is 22.7 Å². The van der Waals surface area contributed by atoms with E-state index in [9.17, 15) is 4.79 Å². The molecule has 0 saturated carbocycles. The van der Waals surface area contributed by atoms with Gasteiger partial charge in [0.1, 0.15) is 0 Å². The number of nitrogens with one attached hydrogen (secondary N) is 1. The van der Waals surface area contributed by atoms with Gasteiger partial charge in [-0.15, -0.1) is 0 Å². The molecule has 0 aromatic heterocycles. The average molecular weight is 316 g/mol. The molecule has 0 saturated heterocycles. The Morgan fingerprint density at radius 2 is 2.12 bits per heavy atom. The third-order valence-corrected chi connectivity index (χ3v) is 3.58. The molecule has 17 heavy (non-hydrogen) atoms. The summed E-state index contributed by atoms with van der Waals surface area (Å²) in [5, 5.41) is 2.89. The van der Waals surface area contributed by atoms with Gasteiger partial charge in [-0.25, -0.2) is 0 Å². The quantitative estimate of drug-likeness (QED) is 0.821. The highest BCUT2D eigenvalue weighted by molar-refractivity contribution is 9.10. The third-order valence-electron chi connectivity index (χ3n) is 2.80. The van der Waals surface area contributed by atoms with E-state index in [0.29, 0.717) is 6.54 Å². The van der Waals surface area contributed by atoms with Crippen LogP contribution in [0, 0.1) is 6.92 Å². The number of rotatable bonds is 4. The van der Waals surface area contributed by atoms with Crippen LogP contribution in [0.3, 0.4) is 0 Å². The summed E-state index contributed by atoms with van der Waals surface area (Å²) in [6.45, 7) is 6.95. The Balaban J connectivity index is 2.88. The number of hydrogen-bond donors (Lipinski definition) is 2. The molecule has 0 aliphatic heterocycles. The van der Waals surface area contributed by atoms with Crippen molar-refractivity contribution in [3.8, 4) is 0 Å². The van der Waals surface area contributed by atoms with Crippen molar-refractivity contribution < 1.29 is 4.79 Å². The lowest BCUT2D eigenvalue weighted by Crippen LogP contribution is -2.37. The highest BCUT2D eigenvalue weighted by Gasteiger charge is 2.23. The summed E-state index contributed by atoms with van der Waals surface area (Å²) in [5.74, 6) is 0.196. The van der Waals surface area contributed by atoms with Crippen molar-refractivity contribution in [3.05, 3.63) is 33.8 Å². The van der Waals surface area contributed by atoms with Crippen LogP contribution < -0.4 is 5.32 Å². The van der Waals surface area contributed by atoms with Crippen LogP contribution in [0.2, 0.25) is 0 Å². The van der Waals surface area contributed by atoms with Gasteiger partial charge in [-0.05, 0) is 30.2 Å². The lowest BCUT2D eigenvalue weighted by atomic mass is 9.82. The zero-order valence-corrected chi connectivity index (χ0v) is 12.9. The summed E-state index contributed by atoms with van der Waals surface area (Å²) in [5.41, 5.74) is 2.39. The Morgan fingerprint density at radius 3 is 2.71 bits per heavy atom. The number of benzene rings is 1. The summed E-state index contributed by atoms with van der Waals surface area (Å²) in [6, 6.07) is 6.23. The van der Waals surface area contributed by atoms with E-state index in [0.717, 1.165) is 4.47 Å². The molecule has 0 heterocycles. The van der Waals surface area contributed by atoms with Crippen molar-refractivity contribution in [2.45, 2.75) is 26.2 Å². The fraction of sp³-hybridized carbons (Fsp3) is 0.462. The molecule has 0 unspecified atom stereocenters. The van der Waals surface area contributed by atoms with Crippen molar-refractivity contribution in [2.75, 3.05) is 12.3 Å². The number of halogens is 1. The van der Waals surface area contributed by atoms with Crippen molar-refractivity contribution >= 4 is 34.5 Å². The summed E-state index contributed by atoms with van der Waals surface area (Å²) >= 11 is 7.43. The van der Waals surface area contributed by atoms with Crippen molar-refractivity contribution in [2.24, 2.45) is 0 Å². The summed E-state index contributed by atoms with van der Waals surface area (Å²) in [7, 11) is 0. The molecule has 0 aliphatic rings. The van der Waals surface area contributed by atoms with Gasteiger partial charge in [0.15, 0.2) is 0 Å². The SMILES string of the molecule is Cc1ccc(Br)cc1C(C)(C)CNC(=O)CS. The summed E-state index contributed by atoms with van der Waals surface area (Å²) < 4.78 is 1.06. The van der Waals surface area contributed by atoms with Crippen molar-refractivity contribution in [1.29, 1.82) is 0 Å². The van der Waals surface area contributed by atoms with Crippen LogP contribution in [-0.4, -0.2) is 18.2 Å². The van der Waals surface area contributed by atoms with E-state index in [-0.39, 0.29) is 17.1 Å². The van der Waals surface area contributed by atoms with Crippen LogP contribution in [0.5, 0.6) is 0 Å². The number of carbonyl (C=O) groups excluding carboxylic acids is 1. The second-order valence-electron chi connectivity index (χ2n) is 4.78. The molecule has 0 bridgehead atoms. The molecule has 4 heteroatoms. The molecule has 0 atom stereocenters. The summed E-state index contributed by atoms with van der Waals surface area (Å²) in [6.07, 6.45) is 0. The Morgan fingerprint density at radius 1 is 1.47 bits per heavy atom. The molecule has 1 aromatic rings. The maximum Gasteiger partial charge on any atom is 0.229 e. The van der Waals surface area contributed by atoms with Crippen molar-refractivity contribution in [1.82, 2.24) is 5.32 Å². The smallest absolute Gasteiger partial charge is 0.229 e. The Hall–Kier alpha value is -0.480. The minimum atomic E-state index is -0.0908. The topological polar surface area (TPSA) is 29.1 Å². The Labute approximate surface area is 117 Å². The van der Waals surface area contributed by atoms with E-state index >= 15 is 0 Å². The second kappa shape index (κ2) is 5.91. The van der Waals surface area contributed by atoms with E-state index in [2.05, 4.69) is 66.8 Å². The van der Waals surface area contributed by atoms with E-state index < -0.39 is 0 Å². The molecule has 0 fully saturated rings. The largest absolute Gasteiger partial charge is 0.355 e. The molecule has 1 N–H and O–H groups in total. The number of amides is 1. The highest BCUT2D eigenvalue weighted by atomic mass is 79.9. The first kappa shape index (κ1) is 14.6.